The number of esters is 1. The Labute approximate surface area is 112 Å². The van der Waals surface area contributed by atoms with Crippen molar-refractivity contribution in [1.29, 1.82) is 0 Å². The monoisotopic (exact) mass is 262 g/mol. The Balaban J connectivity index is 1.95. The Hall–Kier alpha value is -1.62. The van der Waals surface area contributed by atoms with Crippen LogP contribution in [0.1, 0.15) is 32.1 Å². The molecule has 5 heteroatoms. The van der Waals surface area contributed by atoms with Gasteiger partial charge < -0.3 is 4.74 Å². The van der Waals surface area contributed by atoms with Crippen molar-refractivity contribution < 1.29 is 14.3 Å². The summed E-state index contributed by atoms with van der Waals surface area (Å²) in [6, 6.07) is -0.0980. The summed E-state index contributed by atoms with van der Waals surface area (Å²) >= 11 is 0. The summed E-state index contributed by atoms with van der Waals surface area (Å²) in [4.78, 5) is 23.7. The van der Waals surface area contributed by atoms with Crippen LogP contribution in [0.3, 0.4) is 0 Å². The molecule has 0 aromatic carbocycles. The third kappa shape index (κ3) is 1.98. The number of ether oxygens (including phenoxy) is 1. The van der Waals surface area contributed by atoms with Gasteiger partial charge in [-0.25, -0.2) is 14.8 Å². The molecule has 1 amide bonds. The molecule has 3 rings (SSSR count). The third-order valence-corrected chi connectivity index (χ3v) is 4.04. The van der Waals surface area contributed by atoms with Crippen LogP contribution in [0.4, 0.5) is 0 Å². The highest BCUT2D eigenvalue weighted by molar-refractivity contribution is 5.93. The van der Waals surface area contributed by atoms with Crippen LogP contribution in [0.2, 0.25) is 0 Å². The fourth-order valence-electron chi connectivity index (χ4n) is 3.12. The molecule has 0 spiro atoms. The van der Waals surface area contributed by atoms with Gasteiger partial charge in [-0.15, -0.1) is 0 Å². The van der Waals surface area contributed by atoms with Crippen LogP contribution >= 0.6 is 0 Å². The summed E-state index contributed by atoms with van der Waals surface area (Å²) in [5.74, 6) is -0.279. The lowest BCUT2D eigenvalue weighted by Gasteiger charge is -2.29. The summed E-state index contributed by atoms with van der Waals surface area (Å²) in [7, 11) is 1.38. The molecule has 0 bridgehead atoms. The minimum absolute atomic E-state index is 0.0558. The van der Waals surface area contributed by atoms with E-state index in [4.69, 9.17) is 4.74 Å². The first-order chi connectivity index (χ1) is 9.22. The fourth-order valence-corrected chi connectivity index (χ4v) is 3.12. The average molecular weight is 262 g/mol. The first kappa shape index (κ1) is 12.4. The molecular weight excluding hydrogens is 244 g/mol. The predicted octanol–water partition coefficient (Wildman–Crippen LogP) is 1.38. The Kier molecular flexibility index (Phi) is 3.14. The maximum atomic E-state index is 11.9. The molecule has 0 aromatic heterocycles. The highest BCUT2D eigenvalue weighted by Gasteiger charge is 2.44. The molecule has 102 valence electrons. The van der Waals surface area contributed by atoms with Gasteiger partial charge in [-0.05, 0) is 25.7 Å². The van der Waals surface area contributed by atoms with E-state index in [9.17, 15) is 9.59 Å². The van der Waals surface area contributed by atoms with Crippen molar-refractivity contribution in [1.82, 2.24) is 10.0 Å². The van der Waals surface area contributed by atoms with Gasteiger partial charge >= 0.3 is 5.97 Å². The molecule has 1 atom stereocenters. The standard InChI is InChI=1S/C14H18N2O3/c1-19-14(18)11-9-16-12(17)7-8-15(16)13(11)10-5-3-2-4-6-10/h5,9,13H,2-4,6-8H2,1H3/t13-/m1/s1. The number of hydrogen-bond acceptors (Lipinski definition) is 4. The second-order valence-electron chi connectivity index (χ2n) is 5.15. The maximum Gasteiger partial charge on any atom is 0.337 e. The number of hydrogen-bond donors (Lipinski definition) is 0. The van der Waals surface area contributed by atoms with E-state index in [1.807, 2.05) is 5.01 Å². The number of methoxy groups -OCH3 is 1. The van der Waals surface area contributed by atoms with Gasteiger partial charge in [0.15, 0.2) is 0 Å². The minimum Gasteiger partial charge on any atom is -0.466 e. The van der Waals surface area contributed by atoms with Crippen LogP contribution in [0.5, 0.6) is 0 Å². The fraction of sp³-hybridized carbons (Fsp3) is 0.571. The lowest BCUT2D eigenvalue weighted by atomic mass is 9.90. The van der Waals surface area contributed by atoms with Gasteiger partial charge in [-0.2, -0.15) is 0 Å². The number of allylic oxidation sites excluding steroid dienone is 1. The van der Waals surface area contributed by atoms with E-state index in [0.717, 1.165) is 19.3 Å². The molecule has 2 heterocycles. The normalized spacial score (nSPS) is 27.1. The number of carbonyl (C=O) groups is 2. The van der Waals surface area contributed by atoms with Crippen LogP contribution in [-0.4, -0.2) is 41.6 Å². The quantitative estimate of drug-likeness (QED) is 0.557. The Morgan fingerprint density at radius 3 is 2.89 bits per heavy atom. The number of hydrazine groups is 1. The van der Waals surface area contributed by atoms with Crippen LogP contribution < -0.4 is 0 Å². The van der Waals surface area contributed by atoms with Crippen LogP contribution in [-0.2, 0) is 14.3 Å². The Bertz CT molecular complexity index is 481. The largest absolute Gasteiger partial charge is 0.466 e. The number of carbonyl (C=O) groups excluding carboxylic acids is 2. The lowest BCUT2D eigenvalue weighted by Crippen LogP contribution is -2.40. The molecule has 1 aliphatic carbocycles. The zero-order valence-electron chi connectivity index (χ0n) is 11.1. The molecule has 19 heavy (non-hydrogen) atoms. The second kappa shape index (κ2) is 4.81. The van der Waals surface area contributed by atoms with Crippen molar-refractivity contribution in [2.75, 3.05) is 13.7 Å². The van der Waals surface area contributed by atoms with Crippen molar-refractivity contribution in [2.45, 2.75) is 38.1 Å². The van der Waals surface area contributed by atoms with E-state index in [-0.39, 0.29) is 17.9 Å². The first-order valence-corrected chi connectivity index (χ1v) is 6.80. The van der Waals surface area contributed by atoms with Gasteiger partial charge in [0, 0.05) is 19.2 Å². The summed E-state index contributed by atoms with van der Waals surface area (Å²) in [5.41, 5.74) is 1.84. The lowest BCUT2D eigenvalue weighted by molar-refractivity contribution is -0.137. The molecule has 0 N–H and O–H groups in total. The molecule has 0 aromatic rings. The Morgan fingerprint density at radius 1 is 1.37 bits per heavy atom. The van der Waals surface area contributed by atoms with Gasteiger partial charge in [-0.3, -0.25) is 4.79 Å². The van der Waals surface area contributed by atoms with E-state index in [0.29, 0.717) is 18.5 Å². The minimum atomic E-state index is -0.335. The summed E-state index contributed by atoms with van der Waals surface area (Å²) < 4.78 is 4.86. The predicted molar refractivity (Wildman–Crippen MR) is 68.6 cm³/mol. The maximum absolute atomic E-state index is 11.9. The van der Waals surface area contributed by atoms with Crippen molar-refractivity contribution >= 4 is 11.9 Å². The van der Waals surface area contributed by atoms with Crippen molar-refractivity contribution in [3.63, 3.8) is 0 Å². The molecular formula is C14H18N2O3. The SMILES string of the molecule is COC(=O)C1=CN2C(=O)CCN2[C@@H]1C1=CCCCC1. The van der Waals surface area contributed by atoms with Gasteiger partial charge in [0.05, 0.1) is 18.7 Å². The molecule has 3 aliphatic rings. The molecule has 0 radical (unpaired) electrons. The summed E-state index contributed by atoms with van der Waals surface area (Å²) in [5, 5.41) is 3.58. The molecule has 1 saturated heterocycles. The third-order valence-electron chi connectivity index (χ3n) is 4.04. The van der Waals surface area contributed by atoms with E-state index in [1.54, 1.807) is 11.2 Å². The van der Waals surface area contributed by atoms with E-state index < -0.39 is 0 Å². The van der Waals surface area contributed by atoms with Gasteiger partial charge in [-0.1, -0.05) is 11.6 Å². The second-order valence-corrected chi connectivity index (χ2v) is 5.15. The highest BCUT2D eigenvalue weighted by Crippen LogP contribution is 2.36. The smallest absolute Gasteiger partial charge is 0.337 e. The topological polar surface area (TPSA) is 49.9 Å². The van der Waals surface area contributed by atoms with Crippen LogP contribution in [0.15, 0.2) is 23.4 Å². The van der Waals surface area contributed by atoms with Gasteiger partial charge in [0.25, 0.3) is 0 Å². The molecule has 0 unspecified atom stereocenters. The number of fused-ring (bicyclic) bond motifs is 1. The van der Waals surface area contributed by atoms with Gasteiger partial charge in [0.2, 0.25) is 5.91 Å². The summed E-state index contributed by atoms with van der Waals surface area (Å²) in [6.45, 7) is 0.678. The Morgan fingerprint density at radius 2 is 2.21 bits per heavy atom. The van der Waals surface area contributed by atoms with Gasteiger partial charge in [0.1, 0.15) is 0 Å². The summed E-state index contributed by atoms with van der Waals surface area (Å²) in [6.07, 6.45) is 8.81. The molecule has 1 fully saturated rings. The zero-order valence-corrected chi connectivity index (χ0v) is 11.1. The van der Waals surface area contributed by atoms with Crippen molar-refractivity contribution in [3.8, 4) is 0 Å². The van der Waals surface area contributed by atoms with Crippen LogP contribution in [0.25, 0.3) is 0 Å². The molecule has 2 aliphatic heterocycles. The number of amides is 1. The number of nitrogens with zero attached hydrogens (tertiary/aromatic N) is 2. The van der Waals surface area contributed by atoms with E-state index in [2.05, 4.69) is 6.08 Å². The first-order valence-electron chi connectivity index (χ1n) is 6.80. The molecule has 0 saturated carbocycles. The average Bonchev–Trinajstić information content (AvgIpc) is 2.99. The van der Waals surface area contributed by atoms with Crippen molar-refractivity contribution in [2.24, 2.45) is 0 Å². The molecule has 5 nitrogen and oxygen atoms in total. The van der Waals surface area contributed by atoms with Crippen LogP contribution in [0, 0.1) is 0 Å². The highest BCUT2D eigenvalue weighted by atomic mass is 16.5. The van der Waals surface area contributed by atoms with E-state index in [1.165, 1.54) is 19.1 Å². The van der Waals surface area contributed by atoms with E-state index >= 15 is 0 Å². The zero-order chi connectivity index (χ0) is 13.4. The van der Waals surface area contributed by atoms with Crippen molar-refractivity contribution in [3.05, 3.63) is 23.4 Å². The number of rotatable bonds is 2.